The molecular formula is C16H14F2N2O4. The van der Waals surface area contributed by atoms with E-state index in [-0.39, 0.29) is 35.7 Å². The van der Waals surface area contributed by atoms with Crippen LogP contribution in [0.5, 0.6) is 0 Å². The monoisotopic (exact) mass is 336 g/mol. The Morgan fingerprint density at radius 2 is 1.92 bits per heavy atom. The number of aliphatic hydroxyl groups is 1. The molecule has 0 spiro atoms. The molecule has 1 aromatic heterocycles. The fourth-order valence-corrected chi connectivity index (χ4v) is 3.15. The Kier molecular flexibility index (Phi) is 3.14. The van der Waals surface area contributed by atoms with Crippen LogP contribution in [0.2, 0.25) is 0 Å². The first-order chi connectivity index (χ1) is 11.4. The maximum absolute atomic E-state index is 15.0. The molecular weight excluding hydrogens is 322 g/mol. The Labute approximate surface area is 134 Å². The Bertz CT molecular complexity index is 930. The predicted molar refractivity (Wildman–Crippen MR) is 81.6 cm³/mol. The number of halogens is 2. The highest BCUT2D eigenvalue weighted by atomic mass is 19.1. The van der Waals surface area contributed by atoms with Gasteiger partial charge < -0.3 is 19.7 Å². The first-order valence-electron chi connectivity index (χ1n) is 7.61. The topological polar surface area (TPSA) is 82.8 Å². The van der Waals surface area contributed by atoms with Crippen molar-refractivity contribution in [3.05, 3.63) is 39.7 Å². The first kappa shape index (κ1) is 15.1. The average Bonchev–Trinajstić information content (AvgIpc) is 3.30. The molecule has 0 amide bonds. The number of carboxylic acids is 1. The van der Waals surface area contributed by atoms with E-state index in [9.17, 15) is 24.2 Å². The zero-order valence-corrected chi connectivity index (χ0v) is 12.5. The van der Waals surface area contributed by atoms with Crippen LogP contribution < -0.4 is 10.3 Å². The molecule has 8 heteroatoms. The summed E-state index contributed by atoms with van der Waals surface area (Å²) in [5.41, 5.74) is -1.77. The van der Waals surface area contributed by atoms with Crippen molar-refractivity contribution in [1.29, 1.82) is 0 Å². The lowest BCUT2D eigenvalue weighted by Crippen LogP contribution is -2.51. The summed E-state index contributed by atoms with van der Waals surface area (Å²) >= 11 is 0. The van der Waals surface area contributed by atoms with Crippen molar-refractivity contribution in [2.24, 2.45) is 0 Å². The van der Waals surface area contributed by atoms with E-state index in [4.69, 9.17) is 0 Å². The number of anilines is 1. The van der Waals surface area contributed by atoms with Gasteiger partial charge in [-0.1, -0.05) is 0 Å². The normalized spacial score (nSPS) is 18.0. The van der Waals surface area contributed by atoms with E-state index >= 15 is 4.39 Å². The Morgan fingerprint density at radius 3 is 2.46 bits per heavy atom. The fraction of sp³-hybridized carbons (Fsp3) is 0.375. The highest BCUT2D eigenvalue weighted by Gasteiger charge is 2.34. The van der Waals surface area contributed by atoms with Gasteiger partial charge in [0.15, 0.2) is 5.82 Å². The van der Waals surface area contributed by atoms with Gasteiger partial charge in [0.25, 0.3) is 0 Å². The average molecular weight is 336 g/mol. The second-order valence-corrected chi connectivity index (χ2v) is 6.29. The van der Waals surface area contributed by atoms with Crippen LogP contribution in [0, 0.1) is 11.6 Å². The minimum atomic E-state index is -1.42. The molecule has 0 atom stereocenters. The van der Waals surface area contributed by atoms with Crippen molar-refractivity contribution < 1.29 is 23.8 Å². The molecule has 2 aliphatic rings. The number of carbonyl (C=O) groups is 1. The van der Waals surface area contributed by atoms with Crippen LogP contribution in [0.1, 0.15) is 29.2 Å². The van der Waals surface area contributed by atoms with Crippen LogP contribution in [0.4, 0.5) is 14.5 Å². The number of hydrogen-bond acceptors (Lipinski definition) is 4. The Hall–Kier alpha value is -2.48. The molecule has 1 saturated heterocycles. The molecule has 2 heterocycles. The number of β-amino-alcohol motifs (C(OH)–C–C–N with tert-alkyl or cyclic N) is 1. The summed E-state index contributed by atoms with van der Waals surface area (Å²) in [4.78, 5) is 24.9. The zero-order valence-electron chi connectivity index (χ0n) is 12.5. The number of pyridine rings is 1. The number of nitrogens with zero attached hydrogens (tertiary/aromatic N) is 2. The summed E-state index contributed by atoms with van der Waals surface area (Å²) in [5.74, 6) is -3.25. The van der Waals surface area contributed by atoms with Crippen molar-refractivity contribution in [3.63, 3.8) is 0 Å². The van der Waals surface area contributed by atoms with Gasteiger partial charge >= 0.3 is 5.97 Å². The number of fused-ring (bicyclic) bond motifs is 1. The van der Waals surface area contributed by atoms with Gasteiger partial charge in [-0.3, -0.25) is 4.79 Å². The smallest absolute Gasteiger partial charge is 0.341 e. The molecule has 126 valence electrons. The van der Waals surface area contributed by atoms with Crippen LogP contribution >= 0.6 is 0 Å². The largest absolute Gasteiger partial charge is 0.477 e. The van der Waals surface area contributed by atoms with Gasteiger partial charge in [0.05, 0.1) is 17.0 Å². The van der Waals surface area contributed by atoms with Gasteiger partial charge in [0.1, 0.15) is 17.1 Å². The second kappa shape index (κ2) is 5.01. The number of hydrogen-bond donors (Lipinski definition) is 2. The van der Waals surface area contributed by atoms with Gasteiger partial charge in [0.2, 0.25) is 5.43 Å². The molecule has 1 aliphatic heterocycles. The van der Waals surface area contributed by atoms with Crippen LogP contribution in [-0.4, -0.2) is 39.9 Å². The summed E-state index contributed by atoms with van der Waals surface area (Å²) in [6, 6.07) is 0.799. The molecule has 4 rings (SSSR count). The van der Waals surface area contributed by atoms with Crippen molar-refractivity contribution in [2.75, 3.05) is 18.0 Å². The summed E-state index contributed by atoms with van der Waals surface area (Å²) in [7, 11) is 0. The SMILES string of the molecule is O=C(O)c1cn(C2CC2)c2c(F)c(N3CC(O)C3)c(F)cc2c1=O. The molecule has 24 heavy (non-hydrogen) atoms. The number of rotatable bonds is 3. The lowest BCUT2D eigenvalue weighted by atomic mass is 10.1. The highest BCUT2D eigenvalue weighted by molar-refractivity contribution is 5.94. The molecule has 1 saturated carbocycles. The lowest BCUT2D eigenvalue weighted by Gasteiger charge is -2.38. The third-order valence-electron chi connectivity index (χ3n) is 4.53. The summed E-state index contributed by atoms with van der Waals surface area (Å²) in [6.07, 6.45) is 1.98. The standard InChI is InChI=1S/C16H14F2N2O4/c17-11-3-9-13(12(18)14(11)19-4-8(21)5-19)20(7-1-2-7)6-10(15(9)22)16(23)24/h3,6-8,21H,1-2,4-5H2,(H,23,24). The van der Waals surface area contributed by atoms with Crippen molar-refractivity contribution in [1.82, 2.24) is 4.57 Å². The molecule has 1 aromatic carbocycles. The van der Waals surface area contributed by atoms with Crippen molar-refractivity contribution >= 4 is 22.6 Å². The maximum Gasteiger partial charge on any atom is 0.341 e. The molecule has 2 fully saturated rings. The number of aliphatic hydroxyl groups excluding tert-OH is 1. The number of benzene rings is 1. The molecule has 1 aliphatic carbocycles. The summed E-state index contributed by atoms with van der Waals surface area (Å²) in [5, 5.41) is 18.3. The molecule has 0 unspecified atom stereocenters. The predicted octanol–water partition coefficient (Wildman–Crippen LogP) is 1.49. The van der Waals surface area contributed by atoms with Crippen LogP contribution in [-0.2, 0) is 0 Å². The van der Waals surface area contributed by atoms with Gasteiger partial charge in [-0.15, -0.1) is 0 Å². The van der Waals surface area contributed by atoms with Crippen LogP contribution in [0.25, 0.3) is 10.9 Å². The van der Waals surface area contributed by atoms with Gasteiger partial charge in [0, 0.05) is 25.3 Å². The summed E-state index contributed by atoms with van der Waals surface area (Å²) < 4.78 is 30.8. The Morgan fingerprint density at radius 1 is 1.25 bits per heavy atom. The van der Waals surface area contributed by atoms with Gasteiger partial charge in [-0.05, 0) is 18.9 Å². The Balaban J connectivity index is 2.04. The van der Waals surface area contributed by atoms with Gasteiger partial charge in [-0.2, -0.15) is 0 Å². The minimum absolute atomic E-state index is 0.0784. The quantitative estimate of drug-likeness (QED) is 0.887. The van der Waals surface area contributed by atoms with Crippen molar-refractivity contribution in [2.45, 2.75) is 25.0 Å². The van der Waals surface area contributed by atoms with E-state index in [1.54, 1.807) is 0 Å². The van der Waals surface area contributed by atoms with Gasteiger partial charge in [-0.25, -0.2) is 13.6 Å². The summed E-state index contributed by atoms with van der Waals surface area (Å²) in [6.45, 7) is 0.223. The number of carboxylic acid groups (broad SMARTS) is 1. The van der Waals surface area contributed by atoms with E-state index in [2.05, 4.69) is 0 Å². The molecule has 0 bridgehead atoms. The highest BCUT2D eigenvalue weighted by Crippen LogP contribution is 2.40. The number of aromatic nitrogens is 1. The minimum Gasteiger partial charge on any atom is -0.477 e. The fourth-order valence-electron chi connectivity index (χ4n) is 3.15. The van der Waals surface area contributed by atoms with E-state index in [0.717, 1.165) is 25.1 Å². The maximum atomic E-state index is 15.0. The van der Waals surface area contributed by atoms with E-state index in [1.165, 1.54) is 9.47 Å². The molecule has 2 aromatic rings. The van der Waals surface area contributed by atoms with Crippen LogP contribution in [0.3, 0.4) is 0 Å². The van der Waals surface area contributed by atoms with E-state index in [0.29, 0.717) is 0 Å². The lowest BCUT2D eigenvalue weighted by molar-refractivity contribution is 0.0694. The van der Waals surface area contributed by atoms with E-state index in [1.807, 2.05) is 0 Å². The first-order valence-corrected chi connectivity index (χ1v) is 7.61. The van der Waals surface area contributed by atoms with E-state index < -0.39 is 34.7 Å². The molecule has 0 radical (unpaired) electrons. The molecule has 6 nitrogen and oxygen atoms in total. The van der Waals surface area contributed by atoms with Crippen LogP contribution in [0.15, 0.2) is 17.1 Å². The third kappa shape index (κ3) is 2.10. The van der Waals surface area contributed by atoms with Crippen molar-refractivity contribution in [3.8, 4) is 0 Å². The third-order valence-corrected chi connectivity index (χ3v) is 4.53. The second-order valence-electron chi connectivity index (χ2n) is 6.29. The number of aromatic carboxylic acids is 1. The zero-order chi connectivity index (χ0) is 17.2. The molecule has 2 N–H and O–H groups in total.